The van der Waals surface area contributed by atoms with E-state index in [0.29, 0.717) is 57.7 Å². The third-order valence-corrected chi connectivity index (χ3v) is 15.3. The molecule has 14 N–H and O–H groups in total. The van der Waals surface area contributed by atoms with Crippen molar-refractivity contribution >= 4 is 67.4 Å². The van der Waals surface area contributed by atoms with Crippen molar-refractivity contribution in [3.05, 3.63) is 55.9 Å². The Balaban J connectivity index is 1.15. The molecule has 2 atom stereocenters. The average Bonchev–Trinajstić information content (AvgIpc) is 3.76. The number of anilines is 2. The van der Waals surface area contributed by atoms with Crippen LogP contribution in [0.5, 0.6) is 11.5 Å². The van der Waals surface area contributed by atoms with Gasteiger partial charge in [0.15, 0.2) is 23.0 Å². The number of hydrogen-bond donors (Lipinski definition) is 10. The lowest BCUT2D eigenvalue weighted by atomic mass is 9.94. The Kier molecular flexibility index (Phi) is 15.6. The molecule has 3 aromatic rings. The lowest BCUT2D eigenvalue weighted by molar-refractivity contribution is -0.140. The highest BCUT2D eigenvalue weighted by Crippen LogP contribution is 2.45. The van der Waals surface area contributed by atoms with Gasteiger partial charge >= 0.3 is 11.9 Å². The first-order valence-corrected chi connectivity index (χ1v) is 25.0. The first kappa shape index (κ1) is 54.0. The second-order valence-electron chi connectivity index (χ2n) is 18.5. The molecule has 5 rings (SSSR count). The third-order valence-electron chi connectivity index (χ3n) is 12.1. The number of ether oxygens (including phenoxy) is 2. The van der Waals surface area contributed by atoms with E-state index in [1.807, 2.05) is 27.7 Å². The molecule has 382 valence electrons. The van der Waals surface area contributed by atoms with Gasteiger partial charge in [0, 0.05) is 37.1 Å². The number of nitrogens with zero attached hydrogens (tertiary/aromatic N) is 4. The van der Waals surface area contributed by atoms with Gasteiger partial charge in [-0.1, -0.05) is 0 Å². The van der Waals surface area contributed by atoms with Crippen LogP contribution in [0.25, 0.3) is 0 Å². The molecule has 3 heterocycles. The SMILES string of the molecule is Cc1c(C)c(S(=O)(=O)NC(N)=NCCC[C@H](NC(=O)c2nc(N)c(C(=O)N[C@@H](CCCN=C(N)NS(=O)(=O)c3c(C)c(C)c4c(c3C)CC(C)(C)O4)C(=O)O)nc2N)C(=O)O)c(C)c2c1OC(C)(C)C2. The molecule has 0 spiro atoms. The maximum Gasteiger partial charge on any atom is 0.326 e. The van der Waals surface area contributed by atoms with Crippen LogP contribution >= 0.6 is 0 Å². The number of fused-ring (bicyclic) bond motifs is 2. The number of nitrogens with one attached hydrogen (secondary N) is 4. The second-order valence-corrected chi connectivity index (χ2v) is 21.8. The molecular formula is C44H62N12O12S2. The normalized spacial score (nSPS) is 16.0. The minimum Gasteiger partial charge on any atom is -0.487 e. The van der Waals surface area contributed by atoms with Gasteiger partial charge in [-0.15, -0.1) is 0 Å². The molecular weight excluding hydrogens is 953 g/mol. The molecule has 0 unspecified atom stereocenters. The number of sulfonamides is 2. The van der Waals surface area contributed by atoms with Gasteiger partial charge in [-0.25, -0.2) is 45.8 Å². The van der Waals surface area contributed by atoms with Gasteiger partial charge in [0.25, 0.3) is 31.9 Å². The Labute approximate surface area is 406 Å². The van der Waals surface area contributed by atoms with Crippen LogP contribution in [0.15, 0.2) is 19.8 Å². The molecule has 2 aliphatic rings. The van der Waals surface area contributed by atoms with Crippen LogP contribution in [-0.4, -0.2) is 109 Å². The Morgan fingerprint density at radius 2 is 0.943 bits per heavy atom. The molecule has 2 aliphatic heterocycles. The number of hydrogen-bond acceptors (Lipinski definition) is 16. The topological polar surface area (TPSA) is 398 Å². The molecule has 0 saturated carbocycles. The summed E-state index contributed by atoms with van der Waals surface area (Å²) in [4.78, 5) is 66.4. The number of carboxylic acids is 2. The summed E-state index contributed by atoms with van der Waals surface area (Å²) in [7, 11) is -8.39. The first-order chi connectivity index (χ1) is 32.3. The zero-order chi connectivity index (χ0) is 52.6. The lowest BCUT2D eigenvalue weighted by Gasteiger charge is -2.19. The minimum absolute atomic E-state index is 0.0118. The number of carbonyl (C=O) groups excluding carboxylic acids is 2. The van der Waals surface area contributed by atoms with Crippen LogP contribution in [0.3, 0.4) is 0 Å². The molecule has 0 aliphatic carbocycles. The highest BCUT2D eigenvalue weighted by atomic mass is 32.2. The summed E-state index contributed by atoms with van der Waals surface area (Å²) in [6.45, 7) is 17.7. The van der Waals surface area contributed by atoms with Crippen molar-refractivity contribution in [2.45, 2.75) is 141 Å². The minimum atomic E-state index is -4.19. The second kappa shape index (κ2) is 20.2. The largest absolute Gasteiger partial charge is 0.487 e. The van der Waals surface area contributed by atoms with Crippen molar-refractivity contribution in [1.82, 2.24) is 30.0 Å². The summed E-state index contributed by atoms with van der Waals surface area (Å²) < 4.78 is 70.8. The average molecular weight is 1020 g/mol. The van der Waals surface area contributed by atoms with Gasteiger partial charge in [-0.2, -0.15) is 0 Å². The number of aliphatic carboxylic acids is 2. The van der Waals surface area contributed by atoms with Crippen molar-refractivity contribution in [2.24, 2.45) is 21.5 Å². The predicted molar refractivity (Wildman–Crippen MR) is 259 cm³/mol. The maximum atomic E-state index is 13.5. The summed E-state index contributed by atoms with van der Waals surface area (Å²) in [5.41, 5.74) is 26.5. The predicted octanol–water partition coefficient (Wildman–Crippen LogP) is 1.43. The van der Waals surface area contributed by atoms with Gasteiger partial charge in [0.05, 0.1) is 9.79 Å². The van der Waals surface area contributed by atoms with E-state index in [4.69, 9.17) is 32.4 Å². The molecule has 1 aromatic heterocycles. The summed E-state index contributed by atoms with van der Waals surface area (Å²) in [6, 6.07) is -3.06. The zero-order valence-electron chi connectivity index (χ0n) is 40.7. The van der Waals surface area contributed by atoms with Crippen molar-refractivity contribution in [3.8, 4) is 11.5 Å². The van der Waals surface area contributed by atoms with Crippen LogP contribution in [0.2, 0.25) is 0 Å². The van der Waals surface area contributed by atoms with Gasteiger partial charge in [0.2, 0.25) is 11.9 Å². The molecule has 0 saturated heterocycles. The maximum absolute atomic E-state index is 13.5. The van der Waals surface area contributed by atoms with E-state index in [0.717, 1.165) is 11.1 Å². The van der Waals surface area contributed by atoms with Crippen molar-refractivity contribution in [2.75, 3.05) is 24.6 Å². The standard InChI is InChI=1S/C44H62N12O12S2/c1-19-21(3)33(23(5)25-17-43(7,8)67-31(19)25)69(63,64)55-41(47)49-15-11-13-27(39(59)60)51-37(57)29-35(45)54-30(36(46)53-29)38(58)52-28(40(61)62)14-12-16-50-42(48)56-70(65,66)34-22(4)20(2)32-26(24(34)6)18-44(9,10)68-32/h27-28H,11-18H2,1-10H3,(H2,46,53)(H2,45,54)(H,51,57)(H,52,58)(H,59,60)(H,61,62)(H3,47,49,55)(H3,48,50,56)/t27-,28-/m0/s1. The van der Waals surface area contributed by atoms with E-state index in [1.165, 1.54) is 0 Å². The van der Waals surface area contributed by atoms with E-state index in [2.05, 4.69) is 40.0 Å². The zero-order valence-corrected chi connectivity index (χ0v) is 42.3. The summed E-state index contributed by atoms with van der Waals surface area (Å²) in [5, 5.41) is 24.2. The molecule has 70 heavy (non-hydrogen) atoms. The molecule has 26 heteroatoms. The summed E-state index contributed by atoms with van der Waals surface area (Å²) >= 11 is 0. The van der Waals surface area contributed by atoms with Crippen LogP contribution in [0.4, 0.5) is 11.6 Å². The number of nitrogen functional groups attached to an aromatic ring is 2. The molecule has 0 bridgehead atoms. The number of nitrogens with two attached hydrogens (primary N) is 4. The van der Waals surface area contributed by atoms with Gasteiger partial charge in [-0.3, -0.25) is 19.6 Å². The Bertz CT molecular complexity index is 2760. The fourth-order valence-corrected chi connectivity index (χ4v) is 11.5. The van der Waals surface area contributed by atoms with Crippen LogP contribution in [0.1, 0.15) is 119 Å². The molecule has 0 fully saturated rings. The van der Waals surface area contributed by atoms with Crippen molar-refractivity contribution in [3.63, 3.8) is 0 Å². The quantitative estimate of drug-likeness (QED) is 0.0489. The Hall–Kier alpha value is -6.96. The van der Waals surface area contributed by atoms with E-state index in [9.17, 15) is 46.2 Å². The molecule has 2 amide bonds. The monoisotopic (exact) mass is 1010 g/mol. The third kappa shape index (κ3) is 11.7. The number of aliphatic imine (C=N–C) groups is 2. The highest BCUT2D eigenvalue weighted by molar-refractivity contribution is 7.90. The number of carbonyl (C=O) groups is 4. The van der Waals surface area contributed by atoms with E-state index in [-0.39, 0.29) is 48.6 Å². The van der Waals surface area contributed by atoms with E-state index >= 15 is 0 Å². The van der Waals surface area contributed by atoms with Gasteiger partial charge in [0.1, 0.15) is 34.8 Å². The Morgan fingerprint density at radius 3 is 1.26 bits per heavy atom. The lowest BCUT2D eigenvalue weighted by Crippen LogP contribution is -2.43. The first-order valence-electron chi connectivity index (χ1n) is 22.1. The van der Waals surface area contributed by atoms with E-state index in [1.54, 1.807) is 41.5 Å². The molecule has 24 nitrogen and oxygen atoms in total. The number of carboxylic acid groups (broad SMARTS) is 2. The van der Waals surface area contributed by atoms with Crippen LogP contribution in [0, 0.1) is 41.5 Å². The summed E-state index contributed by atoms with van der Waals surface area (Å²) in [5.74, 6) is -5.97. The van der Waals surface area contributed by atoms with E-state index < -0.39 is 102 Å². The fraction of sp³-hybridized carbons (Fsp3) is 0.500. The van der Waals surface area contributed by atoms with Crippen molar-refractivity contribution < 1.29 is 55.7 Å². The Morgan fingerprint density at radius 1 is 0.614 bits per heavy atom. The summed E-state index contributed by atoms with van der Waals surface area (Å²) in [6.07, 6.45) is 0.624. The molecule has 0 radical (unpaired) electrons. The number of amides is 2. The van der Waals surface area contributed by atoms with Crippen LogP contribution in [-0.2, 0) is 42.5 Å². The smallest absolute Gasteiger partial charge is 0.326 e. The fourth-order valence-electron chi connectivity index (χ4n) is 8.49. The van der Waals surface area contributed by atoms with Gasteiger partial charge < -0.3 is 53.3 Å². The van der Waals surface area contributed by atoms with Crippen LogP contribution < -0.4 is 52.5 Å². The number of guanidine groups is 2. The number of rotatable bonds is 18. The number of benzene rings is 2. The highest BCUT2D eigenvalue weighted by Gasteiger charge is 2.38. The number of aromatic nitrogens is 2. The van der Waals surface area contributed by atoms with Gasteiger partial charge in [-0.05, 0) is 128 Å². The molecule has 2 aromatic carbocycles. The van der Waals surface area contributed by atoms with Crippen molar-refractivity contribution in [1.29, 1.82) is 0 Å².